The number of ketones is 1. The van der Waals surface area contributed by atoms with Gasteiger partial charge in [-0.25, -0.2) is 0 Å². The number of amides is 1. The van der Waals surface area contributed by atoms with E-state index in [0.717, 1.165) is 5.69 Å². The Morgan fingerprint density at radius 1 is 1.14 bits per heavy atom. The molecule has 0 aromatic heterocycles. The first-order valence-corrected chi connectivity index (χ1v) is 7.07. The standard InChI is InChI=1S/C17H19N3O2/c1-3-19-17(22)15-10-13(18)7-8-16(15)20-14-6-4-5-12(9-14)11(2)21/h4-10,20H,3,18H2,1-2H3,(H,19,22). The van der Waals surface area contributed by atoms with Crippen molar-refractivity contribution in [2.24, 2.45) is 0 Å². The molecule has 4 N–H and O–H groups in total. The fourth-order valence-electron chi connectivity index (χ4n) is 2.09. The molecule has 0 unspecified atom stereocenters. The van der Waals surface area contributed by atoms with Crippen molar-refractivity contribution in [1.29, 1.82) is 0 Å². The van der Waals surface area contributed by atoms with E-state index in [1.54, 1.807) is 36.4 Å². The van der Waals surface area contributed by atoms with E-state index in [1.807, 2.05) is 13.0 Å². The van der Waals surface area contributed by atoms with Crippen molar-refractivity contribution in [2.45, 2.75) is 13.8 Å². The van der Waals surface area contributed by atoms with E-state index < -0.39 is 0 Å². The lowest BCUT2D eigenvalue weighted by atomic mass is 10.1. The number of nitrogens with one attached hydrogen (secondary N) is 2. The molecule has 0 atom stereocenters. The van der Waals surface area contributed by atoms with Crippen molar-refractivity contribution in [1.82, 2.24) is 5.32 Å². The number of rotatable bonds is 5. The SMILES string of the molecule is CCNC(=O)c1cc(N)ccc1Nc1cccc(C(C)=O)c1. The van der Waals surface area contributed by atoms with Crippen molar-refractivity contribution < 1.29 is 9.59 Å². The normalized spacial score (nSPS) is 10.1. The molecule has 0 aliphatic carbocycles. The van der Waals surface area contributed by atoms with Gasteiger partial charge in [-0.15, -0.1) is 0 Å². The third-order valence-corrected chi connectivity index (χ3v) is 3.17. The molecule has 2 aromatic carbocycles. The third kappa shape index (κ3) is 3.63. The maximum absolute atomic E-state index is 12.1. The average Bonchev–Trinajstić information content (AvgIpc) is 2.49. The van der Waals surface area contributed by atoms with Crippen molar-refractivity contribution >= 4 is 28.8 Å². The van der Waals surface area contributed by atoms with E-state index >= 15 is 0 Å². The van der Waals surface area contributed by atoms with Crippen LogP contribution < -0.4 is 16.4 Å². The fourth-order valence-corrected chi connectivity index (χ4v) is 2.09. The van der Waals surface area contributed by atoms with Crippen LogP contribution in [0.4, 0.5) is 17.1 Å². The van der Waals surface area contributed by atoms with Crippen LogP contribution in [-0.4, -0.2) is 18.2 Å². The van der Waals surface area contributed by atoms with Gasteiger partial charge in [0.05, 0.1) is 11.3 Å². The van der Waals surface area contributed by atoms with Gasteiger partial charge in [0, 0.05) is 23.5 Å². The Labute approximate surface area is 129 Å². The highest BCUT2D eigenvalue weighted by atomic mass is 16.1. The lowest BCUT2D eigenvalue weighted by Gasteiger charge is -2.13. The molecule has 0 bridgehead atoms. The van der Waals surface area contributed by atoms with Crippen LogP contribution >= 0.6 is 0 Å². The minimum Gasteiger partial charge on any atom is -0.399 e. The number of hydrogen-bond donors (Lipinski definition) is 3. The number of carbonyl (C=O) groups is 2. The topological polar surface area (TPSA) is 84.2 Å². The molecule has 0 aliphatic heterocycles. The first kappa shape index (κ1) is 15.6. The number of hydrogen-bond acceptors (Lipinski definition) is 4. The highest BCUT2D eigenvalue weighted by molar-refractivity contribution is 6.01. The number of nitrogens with two attached hydrogens (primary N) is 1. The Kier molecular flexibility index (Phi) is 4.78. The second-order valence-electron chi connectivity index (χ2n) is 4.93. The lowest BCUT2D eigenvalue weighted by molar-refractivity contribution is 0.0955. The zero-order valence-corrected chi connectivity index (χ0v) is 12.6. The zero-order valence-electron chi connectivity index (χ0n) is 12.6. The van der Waals surface area contributed by atoms with Gasteiger partial charge < -0.3 is 16.4 Å². The monoisotopic (exact) mass is 297 g/mol. The molecule has 0 spiro atoms. The first-order valence-electron chi connectivity index (χ1n) is 7.07. The Bertz CT molecular complexity index is 711. The molecule has 0 heterocycles. The van der Waals surface area contributed by atoms with Crippen LogP contribution in [0.5, 0.6) is 0 Å². The number of nitrogen functional groups attached to an aromatic ring is 1. The average molecular weight is 297 g/mol. The van der Waals surface area contributed by atoms with Crippen LogP contribution in [-0.2, 0) is 0 Å². The van der Waals surface area contributed by atoms with Gasteiger partial charge in [0.25, 0.3) is 5.91 Å². The molecular formula is C17H19N3O2. The van der Waals surface area contributed by atoms with Crippen molar-refractivity contribution in [3.8, 4) is 0 Å². The second kappa shape index (κ2) is 6.76. The van der Waals surface area contributed by atoms with Crippen molar-refractivity contribution in [2.75, 3.05) is 17.6 Å². The Balaban J connectivity index is 2.35. The predicted molar refractivity (Wildman–Crippen MR) is 88.6 cm³/mol. The summed E-state index contributed by atoms with van der Waals surface area (Å²) in [5, 5.41) is 5.92. The number of carbonyl (C=O) groups excluding carboxylic acids is 2. The predicted octanol–water partition coefficient (Wildman–Crippen LogP) is 2.96. The summed E-state index contributed by atoms with van der Waals surface area (Å²) in [5.74, 6) is -0.204. The molecule has 2 aromatic rings. The fraction of sp³-hybridized carbons (Fsp3) is 0.176. The number of anilines is 3. The van der Waals surface area contributed by atoms with Crippen molar-refractivity contribution in [3.05, 3.63) is 53.6 Å². The third-order valence-electron chi connectivity index (χ3n) is 3.17. The maximum atomic E-state index is 12.1. The summed E-state index contributed by atoms with van der Waals surface area (Å²) in [5.41, 5.74) is 8.74. The largest absolute Gasteiger partial charge is 0.399 e. The molecular weight excluding hydrogens is 278 g/mol. The quantitative estimate of drug-likeness (QED) is 0.585. The summed E-state index contributed by atoms with van der Waals surface area (Å²) < 4.78 is 0. The van der Waals surface area contributed by atoms with Crippen LogP contribution in [0.3, 0.4) is 0 Å². The van der Waals surface area contributed by atoms with Gasteiger partial charge in [0.1, 0.15) is 0 Å². The number of Topliss-reactive ketones (excluding diaryl/α,β-unsaturated/α-hetero) is 1. The van der Waals surface area contributed by atoms with E-state index in [-0.39, 0.29) is 11.7 Å². The molecule has 0 fully saturated rings. The molecule has 1 amide bonds. The summed E-state index contributed by atoms with van der Waals surface area (Å²) in [6.07, 6.45) is 0. The van der Waals surface area contributed by atoms with E-state index in [9.17, 15) is 9.59 Å². The van der Waals surface area contributed by atoms with Gasteiger partial charge in [-0.1, -0.05) is 12.1 Å². The Morgan fingerprint density at radius 3 is 2.59 bits per heavy atom. The lowest BCUT2D eigenvalue weighted by Crippen LogP contribution is -2.23. The van der Waals surface area contributed by atoms with Gasteiger partial charge >= 0.3 is 0 Å². The molecule has 0 aliphatic rings. The molecule has 0 radical (unpaired) electrons. The second-order valence-corrected chi connectivity index (χ2v) is 4.93. The van der Waals surface area contributed by atoms with E-state index in [0.29, 0.717) is 29.0 Å². The molecule has 22 heavy (non-hydrogen) atoms. The summed E-state index contributed by atoms with van der Waals surface area (Å²) in [7, 11) is 0. The van der Waals surface area contributed by atoms with Gasteiger partial charge in [-0.3, -0.25) is 9.59 Å². The minimum absolute atomic E-state index is 0.00935. The van der Waals surface area contributed by atoms with E-state index in [4.69, 9.17) is 5.73 Å². The van der Waals surface area contributed by atoms with Gasteiger partial charge in [0.15, 0.2) is 5.78 Å². The van der Waals surface area contributed by atoms with Gasteiger partial charge in [-0.2, -0.15) is 0 Å². The maximum Gasteiger partial charge on any atom is 0.253 e. The van der Waals surface area contributed by atoms with Crippen LogP contribution in [0.15, 0.2) is 42.5 Å². The molecule has 5 heteroatoms. The molecule has 114 valence electrons. The van der Waals surface area contributed by atoms with Gasteiger partial charge in [0.2, 0.25) is 0 Å². The summed E-state index contributed by atoms with van der Waals surface area (Å²) in [6, 6.07) is 12.2. The summed E-state index contributed by atoms with van der Waals surface area (Å²) in [4.78, 5) is 23.6. The number of benzene rings is 2. The van der Waals surface area contributed by atoms with Crippen LogP contribution in [0, 0.1) is 0 Å². The van der Waals surface area contributed by atoms with E-state index in [1.165, 1.54) is 6.92 Å². The Hall–Kier alpha value is -2.82. The molecule has 5 nitrogen and oxygen atoms in total. The smallest absolute Gasteiger partial charge is 0.253 e. The van der Waals surface area contributed by atoms with E-state index in [2.05, 4.69) is 10.6 Å². The van der Waals surface area contributed by atoms with Gasteiger partial charge in [-0.05, 0) is 44.2 Å². The van der Waals surface area contributed by atoms with Crippen LogP contribution in [0.25, 0.3) is 0 Å². The van der Waals surface area contributed by atoms with Crippen LogP contribution in [0.2, 0.25) is 0 Å². The molecule has 0 saturated carbocycles. The highest BCUT2D eigenvalue weighted by Gasteiger charge is 2.12. The van der Waals surface area contributed by atoms with Crippen molar-refractivity contribution in [3.63, 3.8) is 0 Å². The molecule has 2 rings (SSSR count). The highest BCUT2D eigenvalue weighted by Crippen LogP contribution is 2.24. The zero-order chi connectivity index (χ0) is 16.1. The Morgan fingerprint density at radius 2 is 1.91 bits per heavy atom. The molecule has 0 saturated heterocycles. The summed E-state index contributed by atoms with van der Waals surface area (Å²) >= 11 is 0. The summed E-state index contributed by atoms with van der Waals surface area (Å²) in [6.45, 7) is 3.91. The van der Waals surface area contributed by atoms with Crippen LogP contribution in [0.1, 0.15) is 34.6 Å². The first-order chi connectivity index (χ1) is 10.5. The minimum atomic E-state index is -0.194.